The van der Waals surface area contributed by atoms with E-state index in [1.165, 1.54) is 0 Å². The molecule has 0 aromatic rings. The fourth-order valence-electron chi connectivity index (χ4n) is 1.60. The lowest BCUT2D eigenvalue weighted by molar-refractivity contribution is -0.144. The number of nitrogens with one attached hydrogen (secondary N) is 1. The molecule has 1 unspecified atom stereocenters. The summed E-state index contributed by atoms with van der Waals surface area (Å²) < 4.78 is 12.8. The summed E-state index contributed by atoms with van der Waals surface area (Å²) in [6, 6.07) is -0.792. The van der Waals surface area contributed by atoms with Crippen LogP contribution in [0.3, 0.4) is 0 Å². The number of carbonyl (C=O) groups excluding carboxylic acids is 3. The first-order chi connectivity index (χ1) is 9.31. The highest BCUT2D eigenvalue weighted by Gasteiger charge is 2.29. The fraction of sp³-hybridized carbons (Fsp3) is 0.727. The Balaban J connectivity index is 2.54. The number of nitrogens with zero attached hydrogens (tertiary/aromatic N) is 1. The lowest BCUT2D eigenvalue weighted by Gasteiger charge is -2.24. The second-order valence-electron chi connectivity index (χ2n) is 4.77. The maximum absolute atomic E-state index is 12.8. The topological polar surface area (TPSA) is 119 Å². The normalized spacial score (nSPS) is 17.1. The highest BCUT2D eigenvalue weighted by molar-refractivity contribution is 6.29. The third-order valence-corrected chi connectivity index (χ3v) is 3.09. The molecule has 0 aliphatic heterocycles. The summed E-state index contributed by atoms with van der Waals surface area (Å²) in [5.41, 5.74) is 10.5. The van der Waals surface area contributed by atoms with Crippen LogP contribution in [-0.2, 0) is 14.4 Å². The van der Waals surface area contributed by atoms with Crippen LogP contribution in [0, 0.1) is 5.92 Å². The molecule has 1 aliphatic carbocycles. The number of amides is 3. The van der Waals surface area contributed by atoms with Crippen molar-refractivity contribution in [3.05, 3.63) is 0 Å². The first kappa shape index (κ1) is 16.6. The maximum atomic E-state index is 12.8. The highest BCUT2D eigenvalue weighted by Crippen LogP contribution is 2.33. The second kappa shape index (κ2) is 7.39. The predicted octanol–water partition coefficient (Wildman–Crippen LogP) is -0.617. The van der Waals surface area contributed by atoms with Crippen LogP contribution in [-0.4, -0.2) is 40.9 Å². The number of hydrogen-bond donors (Lipinski definition) is 3. The largest absolute Gasteiger partial charge is 0.370 e. The van der Waals surface area contributed by atoms with E-state index in [1.54, 1.807) is 0 Å². The van der Waals surface area contributed by atoms with Crippen LogP contribution in [0.1, 0.15) is 25.7 Å². The molecule has 7 nitrogen and oxygen atoms in total. The summed E-state index contributed by atoms with van der Waals surface area (Å²) in [6.07, 6.45) is 2.33. The lowest BCUT2D eigenvalue weighted by Crippen LogP contribution is -2.54. The van der Waals surface area contributed by atoms with Crippen molar-refractivity contribution in [2.45, 2.75) is 37.4 Å². The first-order valence-electron chi connectivity index (χ1n) is 6.25. The molecule has 0 radical (unpaired) electrons. The predicted molar refractivity (Wildman–Crippen MR) is 69.7 cm³/mol. The van der Waals surface area contributed by atoms with Crippen molar-refractivity contribution in [2.75, 3.05) is 6.54 Å². The Bertz CT molecular complexity index is 390. The lowest BCUT2D eigenvalue weighted by atomic mass is 10.1. The minimum absolute atomic E-state index is 0.229. The smallest absolute Gasteiger partial charge is 0.291 e. The molecule has 114 valence electrons. The summed E-state index contributed by atoms with van der Waals surface area (Å²) in [4.78, 5) is 33.9. The number of primary amides is 1. The number of nitrogens with two attached hydrogens (primary N) is 2. The van der Waals surface area contributed by atoms with Gasteiger partial charge in [-0.2, -0.15) is 0 Å². The zero-order valence-corrected chi connectivity index (χ0v) is 11.6. The first-order valence-corrected chi connectivity index (χ1v) is 6.68. The number of carbonyl (C=O) groups is 3. The van der Waals surface area contributed by atoms with Gasteiger partial charge in [-0.05, 0) is 12.3 Å². The van der Waals surface area contributed by atoms with Gasteiger partial charge >= 0.3 is 0 Å². The van der Waals surface area contributed by atoms with Crippen molar-refractivity contribution in [1.82, 2.24) is 10.4 Å². The van der Waals surface area contributed by atoms with Gasteiger partial charge in [0.1, 0.15) is 0 Å². The monoisotopic (exact) mass is 308 g/mol. The Hall–Kier alpha value is -1.41. The average molecular weight is 309 g/mol. The van der Waals surface area contributed by atoms with Crippen LogP contribution in [0.2, 0.25) is 0 Å². The molecule has 0 saturated heterocycles. The second-order valence-corrected chi connectivity index (χ2v) is 5.15. The summed E-state index contributed by atoms with van der Waals surface area (Å²) in [5, 5.41) is 0.636. The third-order valence-electron chi connectivity index (χ3n) is 2.90. The molecule has 1 aliphatic rings. The molecule has 0 spiro atoms. The van der Waals surface area contributed by atoms with Gasteiger partial charge in [-0.1, -0.05) is 24.4 Å². The SMILES string of the molecule is NC(=O)CCN(NC(=O)[C@@H](N)CC1CC1)C(=O)C(F)Cl. The molecule has 3 amide bonds. The molecule has 0 heterocycles. The molecule has 0 bridgehead atoms. The van der Waals surface area contributed by atoms with Gasteiger partial charge in [0.25, 0.3) is 17.4 Å². The van der Waals surface area contributed by atoms with Crippen molar-refractivity contribution in [3.8, 4) is 0 Å². The van der Waals surface area contributed by atoms with E-state index < -0.39 is 29.4 Å². The van der Waals surface area contributed by atoms with Gasteiger partial charge < -0.3 is 11.5 Å². The Kier molecular flexibility index (Phi) is 6.15. The zero-order chi connectivity index (χ0) is 15.3. The van der Waals surface area contributed by atoms with E-state index in [4.69, 9.17) is 23.1 Å². The minimum atomic E-state index is -2.32. The van der Waals surface area contributed by atoms with Crippen LogP contribution in [0.25, 0.3) is 0 Å². The van der Waals surface area contributed by atoms with E-state index in [0.29, 0.717) is 17.3 Å². The molecule has 9 heteroatoms. The van der Waals surface area contributed by atoms with Crippen molar-refractivity contribution in [1.29, 1.82) is 0 Å². The Morgan fingerprint density at radius 3 is 2.45 bits per heavy atom. The molecular weight excluding hydrogens is 291 g/mol. The van der Waals surface area contributed by atoms with Gasteiger partial charge in [0, 0.05) is 6.42 Å². The van der Waals surface area contributed by atoms with Gasteiger partial charge in [0.05, 0.1) is 12.6 Å². The van der Waals surface area contributed by atoms with Gasteiger partial charge in [-0.25, -0.2) is 9.40 Å². The number of halogens is 2. The molecule has 1 rings (SSSR count). The van der Waals surface area contributed by atoms with Crippen molar-refractivity contribution in [2.24, 2.45) is 17.4 Å². The van der Waals surface area contributed by atoms with E-state index >= 15 is 0 Å². The molecule has 2 atom stereocenters. The van der Waals surface area contributed by atoms with E-state index in [1.807, 2.05) is 0 Å². The van der Waals surface area contributed by atoms with Gasteiger partial charge in [-0.3, -0.25) is 19.8 Å². The Morgan fingerprint density at radius 2 is 2.00 bits per heavy atom. The van der Waals surface area contributed by atoms with Gasteiger partial charge in [0.15, 0.2) is 0 Å². The van der Waals surface area contributed by atoms with Crippen LogP contribution < -0.4 is 16.9 Å². The minimum Gasteiger partial charge on any atom is -0.370 e. The third kappa shape index (κ3) is 5.70. The Labute approximate surface area is 120 Å². The molecular formula is C11H18ClFN4O3. The summed E-state index contributed by atoms with van der Waals surface area (Å²) >= 11 is 5.04. The van der Waals surface area contributed by atoms with E-state index in [2.05, 4.69) is 5.43 Å². The quantitative estimate of drug-likeness (QED) is 0.429. The van der Waals surface area contributed by atoms with E-state index in [0.717, 1.165) is 12.8 Å². The van der Waals surface area contributed by atoms with Crippen LogP contribution in [0.4, 0.5) is 4.39 Å². The molecule has 0 aromatic heterocycles. The number of hydrogen-bond acceptors (Lipinski definition) is 4. The van der Waals surface area contributed by atoms with Crippen LogP contribution in [0.5, 0.6) is 0 Å². The molecule has 1 saturated carbocycles. The zero-order valence-electron chi connectivity index (χ0n) is 10.9. The number of rotatable bonds is 7. The van der Waals surface area contributed by atoms with Gasteiger partial charge in [0.2, 0.25) is 5.91 Å². The molecule has 0 aromatic carbocycles. The van der Waals surface area contributed by atoms with Crippen molar-refractivity contribution in [3.63, 3.8) is 0 Å². The maximum Gasteiger partial charge on any atom is 0.291 e. The summed E-state index contributed by atoms with van der Waals surface area (Å²) in [6.45, 7) is -0.261. The summed E-state index contributed by atoms with van der Waals surface area (Å²) in [5.74, 6) is -2.05. The standard InChI is InChI=1S/C11H18ClFN4O3/c12-9(13)11(20)17(4-3-8(15)18)16-10(19)7(14)5-6-1-2-6/h6-7,9H,1-5,14H2,(H2,15,18)(H,16,19)/t7-,9?/m0/s1. The van der Waals surface area contributed by atoms with Crippen molar-refractivity contribution < 1.29 is 18.8 Å². The fourth-order valence-corrected chi connectivity index (χ4v) is 1.71. The van der Waals surface area contributed by atoms with Crippen LogP contribution in [0.15, 0.2) is 0 Å². The average Bonchev–Trinajstić information content (AvgIpc) is 3.16. The molecule has 1 fully saturated rings. The van der Waals surface area contributed by atoms with E-state index in [9.17, 15) is 18.8 Å². The van der Waals surface area contributed by atoms with Gasteiger partial charge in [-0.15, -0.1) is 0 Å². The van der Waals surface area contributed by atoms with Crippen LogP contribution >= 0.6 is 11.6 Å². The molecule has 20 heavy (non-hydrogen) atoms. The number of hydrazine groups is 1. The molecule has 5 N–H and O–H groups in total. The highest BCUT2D eigenvalue weighted by atomic mass is 35.5. The summed E-state index contributed by atoms with van der Waals surface area (Å²) in [7, 11) is 0. The Morgan fingerprint density at radius 1 is 1.40 bits per heavy atom. The number of alkyl halides is 2. The van der Waals surface area contributed by atoms with Crippen molar-refractivity contribution >= 4 is 29.3 Å². The van der Waals surface area contributed by atoms with E-state index in [-0.39, 0.29) is 13.0 Å².